The number of hydrogen-bond acceptors (Lipinski definition) is 4. The Kier molecular flexibility index (Phi) is 6.52. The van der Waals surface area contributed by atoms with Gasteiger partial charge in [0.15, 0.2) is 0 Å². The molecule has 0 heterocycles. The van der Waals surface area contributed by atoms with E-state index in [1.807, 2.05) is 0 Å². The first kappa shape index (κ1) is 18.9. The van der Waals surface area contributed by atoms with Crippen molar-refractivity contribution in [2.24, 2.45) is 0 Å². The summed E-state index contributed by atoms with van der Waals surface area (Å²) in [5.74, 6) is -1.46. The van der Waals surface area contributed by atoms with Crippen LogP contribution in [0.5, 0.6) is 0 Å². The standard InChI is InChI=1S/C18H18BrFN2O3/c1-2-25-17(23)11-22(10-13-6-7-14(19)9-16(13)20)18(24)12-4-3-5-15(21)8-12/h3-9H,2,10-11,21H2,1H3. The van der Waals surface area contributed by atoms with Crippen LogP contribution in [0.15, 0.2) is 46.9 Å². The number of anilines is 1. The Bertz CT molecular complexity index is 783. The van der Waals surface area contributed by atoms with Crippen molar-refractivity contribution in [1.29, 1.82) is 0 Å². The maximum Gasteiger partial charge on any atom is 0.325 e. The third-order valence-electron chi connectivity index (χ3n) is 3.42. The molecule has 132 valence electrons. The molecule has 0 saturated heterocycles. The van der Waals surface area contributed by atoms with Crippen molar-refractivity contribution < 1.29 is 18.7 Å². The number of nitrogens with zero attached hydrogens (tertiary/aromatic N) is 1. The Balaban J connectivity index is 2.28. The second-order valence-corrected chi connectivity index (χ2v) is 6.24. The molecular formula is C18H18BrFN2O3. The van der Waals surface area contributed by atoms with Gasteiger partial charge >= 0.3 is 5.97 Å². The topological polar surface area (TPSA) is 72.6 Å². The number of carbonyl (C=O) groups excluding carboxylic acids is 2. The Morgan fingerprint density at radius 2 is 2.00 bits per heavy atom. The molecule has 0 aliphatic rings. The first-order valence-electron chi connectivity index (χ1n) is 7.65. The molecule has 0 radical (unpaired) electrons. The number of nitrogen functional groups attached to an aromatic ring is 1. The maximum atomic E-state index is 14.1. The highest BCUT2D eigenvalue weighted by Crippen LogP contribution is 2.18. The fourth-order valence-corrected chi connectivity index (χ4v) is 2.60. The number of ether oxygens (including phenoxy) is 1. The van der Waals surface area contributed by atoms with E-state index in [9.17, 15) is 14.0 Å². The van der Waals surface area contributed by atoms with E-state index in [-0.39, 0.29) is 19.7 Å². The van der Waals surface area contributed by atoms with Gasteiger partial charge in [-0.25, -0.2) is 4.39 Å². The quantitative estimate of drug-likeness (QED) is 0.587. The molecule has 2 rings (SSSR count). The molecular weight excluding hydrogens is 391 g/mol. The van der Waals surface area contributed by atoms with Gasteiger partial charge in [-0.2, -0.15) is 0 Å². The summed E-state index contributed by atoms with van der Waals surface area (Å²) in [6.45, 7) is 1.53. The Labute approximate surface area is 153 Å². The lowest BCUT2D eigenvalue weighted by molar-refractivity contribution is -0.143. The number of carbonyl (C=O) groups is 2. The van der Waals surface area contributed by atoms with E-state index in [1.165, 1.54) is 17.0 Å². The zero-order chi connectivity index (χ0) is 18.4. The van der Waals surface area contributed by atoms with Gasteiger partial charge < -0.3 is 15.4 Å². The van der Waals surface area contributed by atoms with Crippen LogP contribution in [0.25, 0.3) is 0 Å². The van der Waals surface area contributed by atoms with Crippen molar-refractivity contribution in [3.05, 3.63) is 63.9 Å². The minimum atomic E-state index is -0.558. The summed E-state index contributed by atoms with van der Waals surface area (Å²) in [6.07, 6.45) is 0. The third kappa shape index (κ3) is 5.29. The molecule has 0 spiro atoms. The second-order valence-electron chi connectivity index (χ2n) is 5.33. The molecule has 0 atom stereocenters. The zero-order valence-electron chi connectivity index (χ0n) is 13.7. The van der Waals surface area contributed by atoms with Crippen LogP contribution in [0.2, 0.25) is 0 Å². The van der Waals surface area contributed by atoms with Crippen LogP contribution < -0.4 is 5.73 Å². The molecule has 2 N–H and O–H groups in total. The fraction of sp³-hybridized carbons (Fsp3) is 0.222. The summed E-state index contributed by atoms with van der Waals surface area (Å²) >= 11 is 3.19. The number of esters is 1. The molecule has 0 aromatic heterocycles. The summed E-state index contributed by atoms with van der Waals surface area (Å²) in [5.41, 5.74) is 6.76. The van der Waals surface area contributed by atoms with Gasteiger partial charge in [-0.05, 0) is 37.3 Å². The minimum Gasteiger partial charge on any atom is -0.465 e. The first-order chi connectivity index (χ1) is 11.9. The average Bonchev–Trinajstić information content (AvgIpc) is 2.56. The predicted octanol–water partition coefficient (Wildman–Crippen LogP) is 3.38. The normalized spacial score (nSPS) is 10.4. The highest BCUT2D eigenvalue weighted by Gasteiger charge is 2.21. The van der Waals surface area contributed by atoms with Crippen LogP contribution in [0.3, 0.4) is 0 Å². The molecule has 5 nitrogen and oxygen atoms in total. The molecule has 0 aliphatic heterocycles. The lowest BCUT2D eigenvalue weighted by atomic mass is 10.1. The maximum absolute atomic E-state index is 14.1. The van der Waals surface area contributed by atoms with Crippen LogP contribution >= 0.6 is 15.9 Å². The number of rotatable bonds is 6. The van der Waals surface area contributed by atoms with E-state index in [0.717, 1.165) is 0 Å². The molecule has 0 bridgehead atoms. The van der Waals surface area contributed by atoms with E-state index >= 15 is 0 Å². The monoisotopic (exact) mass is 408 g/mol. The van der Waals surface area contributed by atoms with Crippen LogP contribution in [0.4, 0.5) is 10.1 Å². The van der Waals surface area contributed by atoms with Crippen LogP contribution in [0, 0.1) is 5.82 Å². The van der Waals surface area contributed by atoms with Gasteiger partial charge in [0.25, 0.3) is 5.91 Å². The Morgan fingerprint density at radius 1 is 1.24 bits per heavy atom. The molecule has 0 aliphatic carbocycles. The minimum absolute atomic E-state index is 0.0639. The molecule has 2 aromatic rings. The molecule has 0 fully saturated rings. The third-order valence-corrected chi connectivity index (χ3v) is 3.92. The van der Waals surface area contributed by atoms with Gasteiger partial charge in [-0.15, -0.1) is 0 Å². The second kappa shape index (κ2) is 8.62. The highest BCUT2D eigenvalue weighted by molar-refractivity contribution is 9.10. The SMILES string of the molecule is CCOC(=O)CN(Cc1ccc(Br)cc1F)C(=O)c1cccc(N)c1. The summed E-state index contributed by atoms with van der Waals surface area (Å²) < 4.78 is 19.6. The highest BCUT2D eigenvalue weighted by atomic mass is 79.9. The number of halogens is 2. The van der Waals surface area contributed by atoms with Gasteiger partial charge in [-0.1, -0.05) is 28.1 Å². The van der Waals surface area contributed by atoms with Crippen LogP contribution in [-0.2, 0) is 16.1 Å². The summed E-state index contributed by atoms with van der Waals surface area (Å²) in [5, 5.41) is 0. The number of nitrogens with two attached hydrogens (primary N) is 1. The van der Waals surface area contributed by atoms with Gasteiger partial charge in [-0.3, -0.25) is 9.59 Å². The number of hydrogen-bond donors (Lipinski definition) is 1. The van der Waals surface area contributed by atoms with Crippen molar-refractivity contribution in [1.82, 2.24) is 4.90 Å². The van der Waals surface area contributed by atoms with Gasteiger partial charge in [0.1, 0.15) is 12.4 Å². The predicted molar refractivity (Wildman–Crippen MR) is 96.3 cm³/mol. The Morgan fingerprint density at radius 3 is 2.64 bits per heavy atom. The Hall–Kier alpha value is -2.41. The van der Waals surface area contributed by atoms with Gasteiger partial charge in [0.2, 0.25) is 0 Å². The lowest BCUT2D eigenvalue weighted by Gasteiger charge is -2.22. The summed E-state index contributed by atoms with van der Waals surface area (Å²) in [4.78, 5) is 25.8. The van der Waals surface area contributed by atoms with Crippen molar-refractivity contribution in [2.75, 3.05) is 18.9 Å². The molecule has 25 heavy (non-hydrogen) atoms. The van der Waals surface area contributed by atoms with Crippen molar-refractivity contribution >= 4 is 33.5 Å². The van der Waals surface area contributed by atoms with Crippen molar-refractivity contribution in [3.8, 4) is 0 Å². The molecule has 7 heteroatoms. The van der Waals surface area contributed by atoms with Crippen molar-refractivity contribution in [2.45, 2.75) is 13.5 Å². The van der Waals surface area contributed by atoms with Gasteiger partial charge in [0, 0.05) is 27.8 Å². The smallest absolute Gasteiger partial charge is 0.325 e. The van der Waals surface area contributed by atoms with E-state index in [4.69, 9.17) is 10.5 Å². The molecule has 0 unspecified atom stereocenters. The van der Waals surface area contributed by atoms with Crippen LogP contribution in [-0.4, -0.2) is 29.9 Å². The zero-order valence-corrected chi connectivity index (χ0v) is 15.3. The fourth-order valence-electron chi connectivity index (χ4n) is 2.27. The lowest BCUT2D eigenvalue weighted by Crippen LogP contribution is -2.36. The van der Waals surface area contributed by atoms with E-state index < -0.39 is 17.7 Å². The van der Waals surface area contributed by atoms with Crippen LogP contribution in [0.1, 0.15) is 22.8 Å². The number of amides is 1. The van der Waals surface area contributed by atoms with Gasteiger partial charge in [0.05, 0.1) is 6.61 Å². The molecule has 1 amide bonds. The summed E-state index contributed by atoms with van der Waals surface area (Å²) in [7, 11) is 0. The largest absolute Gasteiger partial charge is 0.465 e. The average molecular weight is 409 g/mol. The summed E-state index contributed by atoms with van der Waals surface area (Å²) in [6, 6.07) is 10.9. The first-order valence-corrected chi connectivity index (χ1v) is 8.44. The van der Waals surface area contributed by atoms with E-state index in [2.05, 4.69) is 15.9 Å². The van der Waals surface area contributed by atoms with Crippen molar-refractivity contribution in [3.63, 3.8) is 0 Å². The molecule has 0 saturated carbocycles. The number of benzene rings is 2. The van der Waals surface area contributed by atoms with E-state index in [1.54, 1.807) is 37.3 Å². The molecule has 2 aromatic carbocycles. The van der Waals surface area contributed by atoms with E-state index in [0.29, 0.717) is 21.3 Å².